The van der Waals surface area contributed by atoms with Crippen LogP contribution in [0, 0.1) is 6.92 Å². The minimum absolute atomic E-state index is 0.699. The summed E-state index contributed by atoms with van der Waals surface area (Å²) >= 11 is 0. The van der Waals surface area contributed by atoms with Crippen molar-refractivity contribution >= 4 is 32.7 Å². The highest BCUT2D eigenvalue weighted by Crippen LogP contribution is 2.40. The number of benzene rings is 3. The number of fused-ring (bicyclic) bond motifs is 4. The number of aryl methyl sites for hydroxylation is 2. The summed E-state index contributed by atoms with van der Waals surface area (Å²) < 4.78 is 8.77. The summed E-state index contributed by atoms with van der Waals surface area (Å²) in [5.74, 6) is 0.699. The fourth-order valence-electron chi connectivity index (χ4n) is 5.29. The van der Waals surface area contributed by atoms with Gasteiger partial charge in [0.05, 0.1) is 5.56 Å². The summed E-state index contributed by atoms with van der Waals surface area (Å²) in [5, 5.41) is 4.86. The molecule has 0 spiro atoms. The van der Waals surface area contributed by atoms with Gasteiger partial charge in [-0.1, -0.05) is 49.2 Å². The summed E-state index contributed by atoms with van der Waals surface area (Å²) in [6, 6.07) is 22.1. The van der Waals surface area contributed by atoms with Gasteiger partial charge in [0.15, 0.2) is 6.20 Å². The number of rotatable bonds is 2. The van der Waals surface area contributed by atoms with Gasteiger partial charge in [0.25, 0.3) is 0 Å². The van der Waals surface area contributed by atoms with E-state index in [0.29, 0.717) is 5.92 Å². The van der Waals surface area contributed by atoms with Gasteiger partial charge in [0.1, 0.15) is 18.2 Å². The molecule has 0 unspecified atom stereocenters. The van der Waals surface area contributed by atoms with Crippen molar-refractivity contribution in [1.29, 1.82) is 0 Å². The van der Waals surface area contributed by atoms with Crippen molar-refractivity contribution in [3.05, 3.63) is 78.0 Å². The molecule has 148 valence electrons. The molecule has 6 rings (SSSR count). The fraction of sp³-hybridized carbons (Fsp3) is 0.250. The van der Waals surface area contributed by atoms with Gasteiger partial charge in [0, 0.05) is 22.9 Å². The number of nitrogens with zero attached hydrogens (tertiary/aromatic N) is 1. The number of hydrogen-bond donors (Lipinski definition) is 0. The van der Waals surface area contributed by atoms with E-state index in [1.54, 1.807) is 0 Å². The molecule has 30 heavy (non-hydrogen) atoms. The Morgan fingerprint density at radius 3 is 2.43 bits per heavy atom. The Morgan fingerprint density at radius 2 is 1.63 bits per heavy atom. The molecule has 0 aliphatic heterocycles. The van der Waals surface area contributed by atoms with E-state index in [2.05, 4.69) is 85.4 Å². The Hall–Kier alpha value is -3.13. The number of hydrogen-bond acceptors (Lipinski definition) is 1. The molecule has 2 aromatic heterocycles. The lowest BCUT2D eigenvalue weighted by Crippen LogP contribution is -2.31. The Morgan fingerprint density at radius 1 is 0.867 bits per heavy atom. The normalized spacial score (nSPS) is 15.0. The van der Waals surface area contributed by atoms with Crippen LogP contribution in [-0.2, 0) is 7.05 Å². The molecule has 0 bridgehead atoms. The molecule has 3 aromatic carbocycles. The van der Waals surface area contributed by atoms with E-state index in [-0.39, 0.29) is 0 Å². The third-order valence-electron chi connectivity index (χ3n) is 6.97. The molecular formula is C28H26NO+. The van der Waals surface area contributed by atoms with E-state index in [1.807, 2.05) is 0 Å². The maximum atomic E-state index is 6.53. The maximum absolute atomic E-state index is 6.53. The topological polar surface area (TPSA) is 17.0 Å². The van der Waals surface area contributed by atoms with Crippen molar-refractivity contribution < 1.29 is 8.98 Å². The first-order valence-electron chi connectivity index (χ1n) is 11.0. The van der Waals surface area contributed by atoms with Crippen molar-refractivity contribution in [3.8, 4) is 11.3 Å². The van der Waals surface area contributed by atoms with E-state index in [1.165, 1.54) is 69.6 Å². The minimum Gasteiger partial charge on any atom is -0.455 e. The molecule has 1 saturated carbocycles. The second-order valence-corrected chi connectivity index (χ2v) is 8.87. The molecular weight excluding hydrogens is 366 g/mol. The highest BCUT2D eigenvalue weighted by Gasteiger charge is 2.24. The third-order valence-corrected chi connectivity index (χ3v) is 6.97. The standard InChI is InChI=1S/C28H26NO/c1-18-11-12-23-24-15-20-9-5-6-10-21(20)17-26(24)30-28(23)27(18)25-16-22(13-14-29(25)2)19-7-3-4-8-19/h5-6,9-17,19H,3-4,7-8H2,1-2H3/q+1. The summed E-state index contributed by atoms with van der Waals surface area (Å²) in [6.45, 7) is 2.20. The van der Waals surface area contributed by atoms with Crippen molar-refractivity contribution in [2.75, 3.05) is 0 Å². The first-order chi connectivity index (χ1) is 14.7. The van der Waals surface area contributed by atoms with Gasteiger partial charge in [-0.05, 0) is 59.7 Å². The van der Waals surface area contributed by atoms with Gasteiger partial charge < -0.3 is 4.42 Å². The molecule has 1 aliphatic rings. The highest BCUT2D eigenvalue weighted by atomic mass is 16.3. The number of furan rings is 1. The van der Waals surface area contributed by atoms with Crippen LogP contribution >= 0.6 is 0 Å². The van der Waals surface area contributed by atoms with Crippen LogP contribution in [0.4, 0.5) is 0 Å². The van der Waals surface area contributed by atoms with Crippen LogP contribution in [0.2, 0.25) is 0 Å². The highest BCUT2D eigenvalue weighted by molar-refractivity contribution is 6.13. The van der Waals surface area contributed by atoms with Crippen LogP contribution in [-0.4, -0.2) is 0 Å². The molecule has 5 aromatic rings. The van der Waals surface area contributed by atoms with Crippen molar-refractivity contribution in [2.24, 2.45) is 7.05 Å². The Balaban J connectivity index is 1.63. The van der Waals surface area contributed by atoms with Gasteiger partial charge in [-0.25, -0.2) is 4.57 Å². The molecule has 1 aliphatic carbocycles. The van der Waals surface area contributed by atoms with Crippen molar-refractivity contribution in [3.63, 3.8) is 0 Å². The van der Waals surface area contributed by atoms with Gasteiger partial charge >= 0.3 is 0 Å². The van der Waals surface area contributed by atoms with Gasteiger partial charge in [0.2, 0.25) is 5.69 Å². The molecule has 1 fully saturated rings. The SMILES string of the molecule is Cc1ccc2c(oc3cc4ccccc4cc32)c1-c1cc(C2CCCC2)cc[n+]1C. The maximum Gasteiger partial charge on any atom is 0.216 e. The van der Waals surface area contributed by atoms with Gasteiger partial charge in [-0.15, -0.1) is 0 Å². The molecule has 0 saturated heterocycles. The zero-order valence-electron chi connectivity index (χ0n) is 17.6. The lowest BCUT2D eigenvalue weighted by molar-refractivity contribution is -0.660. The molecule has 0 N–H and O–H groups in total. The molecule has 0 atom stereocenters. The van der Waals surface area contributed by atoms with Gasteiger partial charge in [-0.3, -0.25) is 0 Å². The average molecular weight is 393 g/mol. The molecule has 2 heterocycles. The molecule has 0 radical (unpaired) electrons. The van der Waals surface area contributed by atoms with E-state index in [9.17, 15) is 0 Å². The van der Waals surface area contributed by atoms with Crippen LogP contribution in [0.3, 0.4) is 0 Å². The predicted octanol–water partition coefficient (Wildman–Crippen LogP) is 7.20. The predicted molar refractivity (Wildman–Crippen MR) is 124 cm³/mol. The third kappa shape index (κ3) is 2.67. The second kappa shape index (κ2) is 6.70. The van der Waals surface area contributed by atoms with Crippen molar-refractivity contribution in [2.45, 2.75) is 38.5 Å². The number of pyridine rings is 1. The minimum atomic E-state index is 0.699. The Kier molecular flexibility index (Phi) is 3.95. The Bertz CT molecular complexity index is 1420. The van der Waals surface area contributed by atoms with Crippen LogP contribution in [0.25, 0.3) is 44.0 Å². The fourth-order valence-corrected chi connectivity index (χ4v) is 5.29. The van der Waals surface area contributed by atoms with Crippen LogP contribution < -0.4 is 4.57 Å². The molecule has 2 nitrogen and oxygen atoms in total. The van der Waals surface area contributed by atoms with Crippen LogP contribution in [0.15, 0.2) is 71.3 Å². The second-order valence-electron chi connectivity index (χ2n) is 8.87. The summed E-state index contributed by atoms with van der Waals surface area (Å²) in [6.07, 6.45) is 7.55. The summed E-state index contributed by atoms with van der Waals surface area (Å²) in [4.78, 5) is 0. The van der Waals surface area contributed by atoms with Crippen LogP contribution in [0.1, 0.15) is 42.7 Å². The molecule has 2 heteroatoms. The smallest absolute Gasteiger partial charge is 0.216 e. The first kappa shape index (κ1) is 17.7. The van der Waals surface area contributed by atoms with E-state index < -0.39 is 0 Å². The van der Waals surface area contributed by atoms with E-state index in [4.69, 9.17) is 4.42 Å². The lowest BCUT2D eigenvalue weighted by Gasteiger charge is -2.11. The van der Waals surface area contributed by atoms with E-state index >= 15 is 0 Å². The zero-order chi connectivity index (χ0) is 20.2. The van der Waals surface area contributed by atoms with Crippen LogP contribution in [0.5, 0.6) is 0 Å². The van der Waals surface area contributed by atoms with Crippen molar-refractivity contribution in [1.82, 2.24) is 0 Å². The van der Waals surface area contributed by atoms with E-state index in [0.717, 1.165) is 11.2 Å². The average Bonchev–Trinajstić information content (AvgIpc) is 3.41. The molecule has 0 amide bonds. The van der Waals surface area contributed by atoms with Gasteiger partial charge in [-0.2, -0.15) is 0 Å². The lowest BCUT2D eigenvalue weighted by atomic mass is 9.94. The summed E-state index contributed by atoms with van der Waals surface area (Å²) in [7, 11) is 2.14. The number of aromatic nitrogens is 1. The largest absolute Gasteiger partial charge is 0.455 e. The quantitative estimate of drug-likeness (QED) is 0.290. The first-order valence-corrected chi connectivity index (χ1v) is 11.0. The monoisotopic (exact) mass is 392 g/mol. The Labute approximate surface area is 176 Å². The summed E-state index contributed by atoms with van der Waals surface area (Å²) in [5.41, 5.74) is 7.15. The zero-order valence-corrected chi connectivity index (χ0v) is 17.6.